The highest BCUT2D eigenvalue weighted by molar-refractivity contribution is 6.11. The van der Waals surface area contributed by atoms with Crippen molar-refractivity contribution in [1.29, 1.82) is 0 Å². The van der Waals surface area contributed by atoms with Crippen molar-refractivity contribution in [3.63, 3.8) is 0 Å². The third-order valence-electron chi connectivity index (χ3n) is 4.98. The van der Waals surface area contributed by atoms with E-state index < -0.39 is 0 Å². The van der Waals surface area contributed by atoms with Gasteiger partial charge >= 0.3 is 0 Å². The Morgan fingerprint density at radius 3 is 2.32 bits per heavy atom. The molecular weight excluding hydrogens is 268 g/mol. The van der Waals surface area contributed by atoms with Crippen molar-refractivity contribution in [1.82, 2.24) is 0 Å². The van der Waals surface area contributed by atoms with Crippen LogP contribution in [-0.2, 0) is 5.41 Å². The Balaban J connectivity index is 2.17. The number of hydrogen-bond donors (Lipinski definition) is 0. The second-order valence-electron chi connectivity index (χ2n) is 6.71. The zero-order valence-corrected chi connectivity index (χ0v) is 13.3. The Kier molecular flexibility index (Phi) is 2.80. The van der Waals surface area contributed by atoms with Crippen LogP contribution in [0.25, 0.3) is 32.7 Å². The van der Waals surface area contributed by atoms with E-state index in [-0.39, 0.29) is 5.41 Å². The van der Waals surface area contributed by atoms with Crippen LogP contribution in [-0.4, -0.2) is 0 Å². The number of fused-ring (bicyclic) bond motifs is 4. The zero-order valence-electron chi connectivity index (χ0n) is 13.3. The van der Waals surface area contributed by atoms with Crippen LogP contribution in [0.5, 0.6) is 0 Å². The van der Waals surface area contributed by atoms with Gasteiger partial charge in [0.25, 0.3) is 0 Å². The SMILES string of the molecule is CCC(C)(C)c1cccc2oc3cc4ccccc4cc3c12. The molecule has 22 heavy (non-hydrogen) atoms. The molecule has 1 heterocycles. The van der Waals surface area contributed by atoms with E-state index in [2.05, 4.69) is 75.4 Å². The Bertz CT molecular complexity index is 989. The molecule has 0 aliphatic heterocycles. The molecule has 1 nitrogen and oxygen atoms in total. The smallest absolute Gasteiger partial charge is 0.136 e. The highest BCUT2D eigenvalue weighted by Crippen LogP contribution is 2.39. The van der Waals surface area contributed by atoms with Crippen molar-refractivity contribution in [2.45, 2.75) is 32.6 Å². The molecule has 0 spiro atoms. The summed E-state index contributed by atoms with van der Waals surface area (Å²) in [5.74, 6) is 0. The first-order valence-corrected chi connectivity index (χ1v) is 7.94. The van der Waals surface area contributed by atoms with Gasteiger partial charge in [0.05, 0.1) is 0 Å². The first-order valence-electron chi connectivity index (χ1n) is 7.94. The molecule has 0 aliphatic rings. The van der Waals surface area contributed by atoms with Gasteiger partial charge in [-0.3, -0.25) is 0 Å². The van der Waals surface area contributed by atoms with Crippen molar-refractivity contribution >= 4 is 32.7 Å². The van der Waals surface area contributed by atoms with E-state index >= 15 is 0 Å². The molecule has 4 aromatic rings. The van der Waals surface area contributed by atoms with Gasteiger partial charge in [-0.15, -0.1) is 0 Å². The van der Waals surface area contributed by atoms with Crippen LogP contribution in [0, 0.1) is 0 Å². The zero-order chi connectivity index (χ0) is 15.3. The quantitative estimate of drug-likeness (QED) is 0.414. The van der Waals surface area contributed by atoms with E-state index in [1.165, 1.54) is 27.1 Å². The monoisotopic (exact) mass is 288 g/mol. The molecule has 3 aromatic carbocycles. The molecule has 110 valence electrons. The van der Waals surface area contributed by atoms with Crippen molar-refractivity contribution in [2.24, 2.45) is 0 Å². The Morgan fingerprint density at radius 2 is 1.59 bits per heavy atom. The molecule has 0 amide bonds. The summed E-state index contributed by atoms with van der Waals surface area (Å²) in [5.41, 5.74) is 3.49. The normalized spacial score (nSPS) is 12.5. The van der Waals surface area contributed by atoms with Gasteiger partial charge in [0.2, 0.25) is 0 Å². The van der Waals surface area contributed by atoms with Crippen molar-refractivity contribution in [3.05, 3.63) is 60.2 Å². The van der Waals surface area contributed by atoms with Gasteiger partial charge in [0.1, 0.15) is 11.2 Å². The summed E-state index contributed by atoms with van der Waals surface area (Å²) < 4.78 is 6.14. The molecule has 0 saturated carbocycles. The fraction of sp³-hybridized carbons (Fsp3) is 0.238. The molecule has 0 fully saturated rings. The highest BCUT2D eigenvalue weighted by Gasteiger charge is 2.23. The second kappa shape index (κ2) is 4.61. The Morgan fingerprint density at radius 1 is 0.864 bits per heavy atom. The van der Waals surface area contributed by atoms with E-state index in [0.29, 0.717) is 0 Å². The van der Waals surface area contributed by atoms with Crippen LogP contribution < -0.4 is 0 Å². The molecule has 0 atom stereocenters. The third-order valence-corrected chi connectivity index (χ3v) is 4.98. The van der Waals surface area contributed by atoms with E-state index in [0.717, 1.165) is 17.6 Å². The minimum atomic E-state index is 0.141. The number of rotatable bonds is 2. The Hall–Kier alpha value is -2.28. The maximum absolute atomic E-state index is 6.14. The summed E-state index contributed by atoms with van der Waals surface area (Å²) in [4.78, 5) is 0. The first-order chi connectivity index (χ1) is 10.6. The average molecular weight is 288 g/mol. The standard InChI is InChI=1S/C21H20O/c1-4-21(2,3)17-10-7-11-18-20(17)16-12-14-8-5-6-9-15(14)13-19(16)22-18/h5-13H,4H2,1-3H3. The minimum Gasteiger partial charge on any atom is -0.456 e. The van der Waals surface area contributed by atoms with E-state index in [1.807, 2.05) is 0 Å². The average Bonchev–Trinajstić information content (AvgIpc) is 2.90. The van der Waals surface area contributed by atoms with E-state index in [4.69, 9.17) is 4.42 Å². The van der Waals surface area contributed by atoms with Crippen molar-refractivity contribution in [3.8, 4) is 0 Å². The molecule has 4 rings (SSSR count). The number of benzene rings is 3. The summed E-state index contributed by atoms with van der Waals surface area (Å²) in [6, 6.07) is 19.3. The van der Waals surface area contributed by atoms with E-state index in [9.17, 15) is 0 Å². The fourth-order valence-corrected chi connectivity index (χ4v) is 3.27. The summed E-state index contributed by atoms with van der Waals surface area (Å²) in [6.07, 6.45) is 1.10. The predicted octanol–water partition coefficient (Wildman–Crippen LogP) is 6.43. The van der Waals surface area contributed by atoms with Gasteiger partial charge in [-0.25, -0.2) is 0 Å². The second-order valence-corrected chi connectivity index (χ2v) is 6.71. The van der Waals surface area contributed by atoms with Crippen LogP contribution in [0.2, 0.25) is 0 Å². The number of hydrogen-bond acceptors (Lipinski definition) is 1. The molecule has 1 heteroatoms. The topological polar surface area (TPSA) is 13.1 Å². The molecule has 0 aliphatic carbocycles. The summed E-state index contributed by atoms with van der Waals surface area (Å²) in [7, 11) is 0. The Labute approximate surface area is 130 Å². The van der Waals surface area contributed by atoms with Crippen molar-refractivity contribution < 1.29 is 4.42 Å². The lowest BCUT2D eigenvalue weighted by molar-refractivity contribution is 0.510. The molecule has 1 aromatic heterocycles. The lowest BCUT2D eigenvalue weighted by Gasteiger charge is -2.24. The maximum Gasteiger partial charge on any atom is 0.136 e. The summed E-state index contributed by atoms with van der Waals surface area (Å²) in [6.45, 7) is 6.86. The lowest BCUT2D eigenvalue weighted by Crippen LogP contribution is -2.15. The highest BCUT2D eigenvalue weighted by atomic mass is 16.3. The third kappa shape index (κ3) is 1.85. The minimum absolute atomic E-state index is 0.141. The van der Waals surface area contributed by atoms with Gasteiger partial charge in [-0.05, 0) is 46.4 Å². The molecule has 0 radical (unpaired) electrons. The molecule has 0 unspecified atom stereocenters. The van der Waals surface area contributed by atoms with Gasteiger partial charge in [0.15, 0.2) is 0 Å². The van der Waals surface area contributed by atoms with Gasteiger partial charge in [0, 0.05) is 10.8 Å². The predicted molar refractivity (Wildman–Crippen MR) is 94.5 cm³/mol. The lowest BCUT2D eigenvalue weighted by atomic mass is 9.80. The van der Waals surface area contributed by atoms with Gasteiger partial charge in [-0.1, -0.05) is 57.2 Å². The maximum atomic E-state index is 6.14. The summed E-state index contributed by atoms with van der Waals surface area (Å²) in [5, 5.41) is 4.99. The van der Waals surface area contributed by atoms with Crippen LogP contribution in [0.1, 0.15) is 32.8 Å². The molecule has 0 bridgehead atoms. The van der Waals surface area contributed by atoms with Crippen LogP contribution in [0.3, 0.4) is 0 Å². The number of furan rings is 1. The molecule has 0 N–H and O–H groups in total. The largest absolute Gasteiger partial charge is 0.456 e. The van der Waals surface area contributed by atoms with Gasteiger partial charge in [-0.2, -0.15) is 0 Å². The molecular formula is C21H20O. The molecule has 0 saturated heterocycles. The van der Waals surface area contributed by atoms with Crippen LogP contribution >= 0.6 is 0 Å². The fourth-order valence-electron chi connectivity index (χ4n) is 3.27. The van der Waals surface area contributed by atoms with Crippen LogP contribution in [0.4, 0.5) is 0 Å². The van der Waals surface area contributed by atoms with E-state index in [1.54, 1.807) is 0 Å². The first kappa shape index (κ1) is 13.4. The van der Waals surface area contributed by atoms with Crippen LogP contribution in [0.15, 0.2) is 59.0 Å². The van der Waals surface area contributed by atoms with Gasteiger partial charge < -0.3 is 4.42 Å². The summed E-state index contributed by atoms with van der Waals surface area (Å²) >= 11 is 0. The van der Waals surface area contributed by atoms with Crippen molar-refractivity contribution in [2.75, 3.05) is 0 Å².